The Labute approximate surface area is 163 Å². The van der Waals surface area contributed by atoms with E-state index in [4.69, 9.17) is 16.6 Å². The molecule has 1 saturated heterocycles. The first-order valence-corrected chi connectivity index (χ1v) is 9.97. The molecule has 1 saturated carbocycles. The molecule has 7 nitrogen and oxygen atoms in total. The van der Waals surface area contributed by atoms with E-state index in [-0.39, 0.29) is 18.1 Å². The lowest BCUT2D eigenvalue weighted by atomic mass is 10.0. The summed E-state index contributed by atoms with van der Waals surface area (Å²) in [5.41, 5.74) is 2.07. The quantitative estimate of drug-likeness (QED) is 0.579. The van der Waals surface area contributed by atoms with Gasteiger partial charge in [-0.2, -0.15) is 0 Å². The Bertz CT molecular complexity index is 822. The summed E-state index contributed by atoms with van der Waals surface area (Å²) >= 11 is 6.16. The summed E-state index contributed by atoms with van der Waals surface area (Å²) < 4.78 is 0. The molecule has 0 radical (unpaired) electrons. The van der Waals surface area contributed by atoms with Crippen molar-refractivity contribution < 1.29 is 4.79 Å². The van der Waals surface area contributed by atoms with Crippen molar-refractivity contribution in [3.8, 4) is 0 Å². The molecule has 4 heterocycles. The number of allylic oxidation sites excluding steroid dienone is 2. The van der Waals surface area contributed by atoms with Gasteiger partial charge in [-0.1, -0.05) is 11.6 Å². The number of nitrogens with one attached hydrogen (secondary N) is 4. The van der Waals surface area contributed by atoms with Crippen LogP contribution in [0.5, 0.6) is 0 Å². The summed E-state index contributed by atoms with van der Waals surface area (Å²) in [7, 11) is 0. The minimum absolute atomic E-state index is 0.0187. The van der Waals surface area contributed by atoms with Crippen LogP contribution in [-0.2, 0) is 4.79 Å². The van der Waals surface area contributed by atoms with Crippen molar-refractivity contribution in [1.29, 1.82) is 0 Å². The van der Waals surface area contributed by atoms with Gasteiger partial charge in [-0.05, 0) is 37.8 Å². The van der Waals surface area contributed by atoms with Gasteiger partial charge in [-0.25, -0.2) is 4.99 Å². The zero-order valence-corrected chi connectivity index (χ0v) is 15.7. The molecular formula is C19H23ClN6O. The highest BCUT2D eigenvalue weighted by molar-refractivity contribution is 6.31. The lowest BCUT2D eigenvalue weighted by Gasteiger charge is -2.29. The number of carbonyl (C=O) groups excluding carboxylic acids is 1. The van der Waals surface area contributed by atoms with Crippen LogP contribution in [0, 0.1) is 0 Å². The normalized spacial score (nSPS) is 29.2. The molecule has 0 aromatic heterocycles. The number of dihydropyridines is 1. The average Bonchev–Trinajstić information content (AvgIpc) is 3.20. The number of hydrogen-bond donors (Lipinski definition) is 4. The Balaban J connectivity index is 1.36. The highest BCUT2D eigenvalue weighted by Crippen LogP contribution is 2.29. The van der Waals surface area contributed by atoms with E-state index in [1.165, 1.54) is 0 Å². The molecule has 8 heteroatoms. The van der Waals surface area contributed by atoms with Gasteiger partial charge >= 0.3 is 0 Å². The highest BCUT2D eigenvalue weighted by Gasteiger charge is 2.36. The lowest BCUT2D eigenvalue weighted by molar-refractivity contribution is -0.125. The number of carbonyl (C=O) groups is 1. The standard InChI is InChI=1S/C19H23ClN6O/c20-11-8-13-14(10-23-17(13)22-9-11)18-21-6-5-16(25-18)26-7-1-2-15(26)19(27)24-12-3-4-12/h5,8-10,12,15,17,22-23H,1-4,6-7H2,(H,21,25)(H,24,27)/t15-,17?/m1/s1. The third-order valence-electron chi connectivity index (χ3n) is 5.51. The van der Waals surface area contributed by atoms with Crippen LogP contribution in [0.1, 0.15) is 25.7 Å². The highest BCUT2D eigenvalue weighted by atomic mass is 35.5. The molecule has 0 aromatic carbocycles. The molecule has 4 aliphatic heterocycles. The van der Waals surface area contributed by atoms with E-state index in [9.17, 15) is 4.79 Å². The first-order chi connectivity index (χ1) is 13.2. The Morgan fingerprint density at radius 2 is 2.11 bits per heavy atom. The van der Waals surface area contributed by atoms with Crippen molar-refractivity contribution in [2.24, 2.45) is 4.99 Å². The molecule has 1 amide bonds. The molecule has 5 rings (SSSR count). The van der Waals surface area contributed by atoms with Crippen molar-refractivity contribution in [2.75, 3.05) is 13.1 Å². The first-order valence-electron chi connectivity index (χ1n) is 9.59. The van der Waals surface area contributed by atoms with Crippen LogP contribution in [0.2, 0.25) is 0 Å². The van der Waals surface area contributed by atoms with E-state index in [0.29, 0.717) is 17.6 Å². The van der Waals surface area contributed by atoms with Crippen molar-refractivity contribution in [3.05, 3.63) is 46.6 Å². The Kier molecular flexibility index (Phi) is 4.11. The summed E-state index contributed by atoms with van der Waals surface area (Å²) in [6, 6.07) is 0.271. The Morgan fingerprint density at radius 1 is 1.26 bits per heavy atom. The van der Waals surface area contributed by atoms with Gasteiger partial charge in [0, 0.05) is 42.7 Å². The minimum Gasteiger partial charge on any atom is -0.367 e. The number of nitrogens with zero attached hydrogens (tertiary/aromatic N) is 2. The van der Waals surface area contributed by atoms with Crippen LogP contribution < -0.4 is 21.3 Å². The monoisotopic (exact) mass is 386 g/mol. The largest absolute Gasteiger partial charge is 0.367 e. The first kappa shape index (κ1) is 16.7. The molecule has 4 N–H and O–H groups in total. The van der Waals surface area contributed by atoms with Gasteiger partial charge in [0.05, 0.1) is 5.03 Å². The maximum Gasteiger partial charge on any atom is 0.242 e. The molecule has 2 fully saturated rings. The van der Waals surface area contributed by atoms with Crippen LogP contribution in [0.3, 0.4) is 0 Å². The molecule has 142 valence electrons. The van der Waals surface area contributed by atoms with Crippen LogP contribution >= 0.6 is 11.6 Å². The van der Waals surface area contributed by atoms with E-state index < -0.39 is 0 Å². The summed E-state index contributed by atoms with van der Waals surface area (Å²) in [6.45, 7) is 1.55. The van der Waals surface area contributed by atoms with Gasteiger partial charge in [0.25, 0.3) is 0 Å². The van der Waals surface area contributed by atoms with E-state index in [1.54, 1.807) is 6.20 Å². The fourth-order valence-corrected chi connectivity index (χ4v) is 4.15. The second-order valence-electron chi connectivity index (χ2n) is 7.49. The Morgan fingerprint density at radius 3 is 2.96 bits per heavy atom. The van der Waals surface area contributed by atoms with Crippen LogP contribution in [0.15, 0.2) is 51.5 Å². The van der Waals surface area contributed by atoms with Crippen LogP contribution in [0.25, 0.3) is 0 Å². The van der Waals surface area contributed by atoms with Gasteiger partial charge in [-0.3, -0.25) is 4.79 Å². The third kappa shape index (κ3) is 3.20. The minimum atomic E-state index is -0.115. The third-order valence-corrected chi connectivity index (χ3v) is 5.72. The van der Waals surface area contributed by atoms with Crippen molar-refractivity contribution in [2.45, 2.75) is 43.9 Å². The van der Waals surface area contributed by atoms with Gasteiger partial charge in [0.15, 0.2) is 0 Å². The van der Waals surface area contributed by atoms with Crippen LogP contribution in [-0.4, -0.2) is 48.0 Å². The fourth-order valence-electron chi connectivity index (χ4n) is 3.97. The number of halogens is 1. The number of rotatable bonds is 4. The molecule has 0 bridgehead atoms. The predicted molar refractivity (Wildman–Crippen MR) is 105 cm³/mol. The number of fused-ring (bicyclic) bond motifs is 1. The van der Waals surface area contributed by atoms with E-state index in [0.717, 1.165) is 55.0 Å². The zero-order chi connectivity index (χ0) is 18.4. The smallest absolute Gasteiger partial charge is 0.242 e. The summed E-state index contributed by atoms with van der Waals surface area (Å²) in [6.07, 6.45) is 11.9. The molecule has 0 spiro atoms. The molecular weight excluding hydrogens is 364 g/mol. The second kappa shape index (κ2) is 6.64. The topological polar surface area (TPSA) is 80.8 Å². The molecule has 27 heavy (non-hydrogen) atoms. The predicted octanol–water partition coefficient (Wildman–Crippen LogP) is 0.996. The van der Waals surface area contributed by atoms with Gasteiger partial charge in [0.2, 0.25) is 5.91 Å². The molecule has 1 unspecified atom stereocenters. The van der Waals surface area contributed by atoms with Crippen LogP contribution in [0.4, 0.5) is 0 Å². The fraction of sp³-hybridized carbons (Fsp3) is 0.474. The van der Waals surface area contributed by atoms with Crippen molar-refractivity contribution in [3.63, 3.8) is 0 Å². The summed E-state index contributed by atoms with van der Waals surface area (Å²) in [5.74, 6) is 1.84. The Hall–Kier alpha value is -2.41. The summed E-state index contributed by atoms with van der Waals surface area (Å²) in [5, 5.41) is 13.7. The maximum atomic E-state index is 12.6. The summed E-state index contributed by atoms with van der Waals surface area (Å²) in [4.78, 5) is 19.6. The number of aliphatic imine (C=N–C) groups is 1. The zero-order valence-electron chi connectivity index (χ0n) is 15.0. The van der Waals surface area contributed by atoms with Crippen molar-refractivity contribution in [1.82, 2.24) is 26.2 Å². The second-order valence-corrected chi connectivity index (χ2v) is 7.93. The molecule has 5 aliphatic rings. The van der Waals surface area contributed by atoms with E-state index in [2.05, 4.69) is 32.2 Å². The number of likely N-dealkylation sites (tertiary alicyclic amines) is 1. The lowest BCUT2D eigenvalue weighted by Crippen LogP contribution is -2.44. The van der Waals surface area contributed by atoms with E-state index >= 15 is 0 Å². The molecule has 0 aromatic rings. The molecule has 2 atom stereocenters. The van der Waals surface area contributed by atoms with Crippen molar-refractivity contribution >= 4 is 23.3 Å². The van der Waals surface area contributed by atoms with Gasteiger partial charge in [-0.15, -0.1) is 0 Å². The maximum absolute atomic E-state index is 12.6. The van der Waals surface area contributed by atoms with Gasteiger partial charge < -0.3 is 26.2 Å². The number of amidine groups is 1. The SMILES string of the molecule is O=C(NC1CC1)[C@H]1CCCN1C1=CCNC(C2=CNC3NC=C(Cl)C=C23)=N1. The average molecular weight is 387 g/mol. The molecule has 1 aliphatic carbocycles. The number of amides is 1. The number of hydrogen-bond acceptors (Lipinski definition) is 6. The van der Waals surface area contributed by atoms with E-state index in [1.807, 2.05) is 12.3 Å². The van der Waals surface area contributed by atoms with Gasteiger partial charge in [0.1, 0.15) is 23.9 Å².